The molecule has 2 aromatic carbocycles. The maximum atomic E-state index is 13.3. The minimum atomic E-state index is -0.0132. The Morgan fingerprint density at radius 2 is 1.96 bits per heavy atom. The molecular weight excluding hydrogens is 308 g/mol. The quantitative estimate of drug-likeness (QED) is 0.746. The molecule has 1 aliphatic rings. The monoisotopic (exact) mass is 330 g/mol. The number of anilines is 1. The van der Waals surface area contributed by atoms with Gasteiger partial charge in [-0.1, -0.05) is 43.3 Å². The van der Waals surface area contributed by atoms with Gasteiger partial charge in [-0.2, -0.15) is 0 Å². The van der Waals surface area contributed by atoms with Crippen LogP contribution in [0.5, 0.6) is 0 Å². The SMILES string of the molecule is CCc1cccc(C)c1NC(=O)c1c2c(nc3ccccc13)CCC2. The number of aryl methyl sites for hydroxylation is 3. The van der Waals surface area contributed by atoms with E-state index in [9.17, 15) is 4.79 Å². The van der Waals surface area contributed by atoms with E-state index in [0.717, 1.165) is 64.7 Å². The molecule has 0 unspecified atom stereocenters. The van der Waals surface area contributed by atoms with E-state index in [1.165, 1.54) is 5.56 Å². The fourth-order valence-corrected chi connectivity index (χ4v) is 3.85. The lowest BCUT2D eigenvalue weighted by Crippen LogP contribution is -2.17. The maximum absolute atomic E-state index is 13.3. The lowest BCUT2D eigenvalue weighted by atomic mass is 9.99. The van der Waals surface area contributed by atoms with E-state index < -0.39 is 0 Å². The molecule has 0 saturated heterocycles. The Labute approximate surface area is 148 Å². The molecule has 1 aromatic heterocycles. The summed E-state index contributed by atoms with van der Waals surface area (Å²) in [5, 5.41) is 4.15. The molecular formula is C22H22N2O. The van der Waals surface area contributed by atoms with Crippen molar-refractivity contribution in [3.05, 3.63) is 70.4 Å². The molecule has 1 amide bonds. The molecule has 1 N–H and O–H groups in total. The Bertz CT molecular complexity index is 975. The third kappa shape index (κ3) is 2.70. The summed E-state index contributed by atoms with van der Waals surface area (Å²) in [6.07, 6.45) is 3.87. The van der Waals surface area contributed by atoms with Crippen molar-refractivity contribution in [2.45, 2.75) is 39.5 Å². The van der Waals surface area contributed by atoms with E-state index in [-0.39, 0.29) is 5.91 Å². The third-order valence-electron chi connectivity index (χ3n) is 5.12. The Kier molecular flexibility index (Phi) is 4.00. The smallest absolute Gasteiger partial charge is 0.256 e. The van der Waals surface area contributed by atoms with Crippen LogP contribution < -0.4 is 5.32 Å². The summed E-state index contributed by atoms with van der Waals surface area (Å²) in [5.74, 6) is -0.0132. The van der Waals surface area contributed by atoms with Gasteiger partial charge in [-0.15, -0.1) is 0 Å². The highest BCUT2D eigenvalue weighted by Crippen LogP contribution is 2.31. The summed E-state index contributed by atoms with van der Waals surface area (Å²) in [6.45, 7) is 4.16. The number of carbonyl (C=O) groups is 1. The van der Waals surface area contributed by atoms with Crippen molar-refractivity contribution in [3.8, 4) is 0 Å². The molecule has 3 heteroatoms. The van der Waals surface area contributed by atoms with E-state index in [1.807, 2.05) is 43.3 Å². The largest absolute Gasteiger partial charge is 0.321 e. The van der Waals surface area contributed by atoms with E-state index >= 15 is 0 Å². The van der Waals surface area contributed by atoms with Crippen LogP contribution in [0.4, 0.5) is 5.69 Å². The van der Waals surface area contributed by atoms with Gasteiger partial charge in [0.25, 0.3) is 5.91 Å². The number of pyridine rings is 1. The number of aromatic nitrogens is 1. The fourth-order valence-electron chi connectivity index (χ4n) is 3.85. The number of carbonyl (C=O) groups excluding carboxylic acids is 1. The zero-order valence-corrected chi connectivity index (χ0v) is 14.7. The average molecular weight is 330 g/mol. The summed E-state index contributed by atoms with van der Waals surface area (Å²) in [4.78, 5) is 18.0. The Balaban J connectivity index is 1.84. The Morgan fingerprint density at radius 1 is 1.12 bits per heavy atom. The number of hydrogen-bond acceptors (Lipinski definition) is 2. The fraction of sp³-hybridized carbons (Fsp3) is 0.273. The van der Waals surface area contributed by atoms with E-state index in [4.69, 9.17) is 4.98 Å². The second-order valence-corrected chi connectivity index (χ2v) is 6.70. The van der Waals surface area contributed by atoms with Crippen LogP contribution in [0.1, 0.15) is 46.1 Å². The van der Waals surface area contributed by atoms with Gasteiger partial charge >= 0.3 is 0 Å². The maximum Gasteiger partial charge on any atom is 0.256 e. The van der Waals surface area contributed by atoms with Crippen LogP contribution in [0.2, 0.25) is 0 Å². The Hall–Kier alpha value is -2.68. The lowest BCUT2D eigenvalue weighted by molar-refractivity contribution is 0.102. The molecule has 0 saturated carbocycles. The van der Waals surface area contributed by atoms with Crippen LogP contribution in [0.15, 0.2) is 42.5 Å². The van der Waals surface area contributed by atoms with Crippen LogP contribution in [-0.2, 0) is 19.3 Å². The number of nitrogens with one attached hydrogen (secondary N) is 1. The summed E-state index contributed by atoms with van der Waals surface area (Å²) >= 11 is 0. The molecule has 4 rings (SSSR count). The zero-order valence-electron chi connectivity index (χ0n) is 14.7. The molecule has 0 aliphatic heterocycles. The van der Waals surface area contributed by atoms with E-state index in [0.29, 0.717) is 0 Å². The number of amides is 1. The minimum absolute atomic E-state index is 0.0132. The molecule has 1 aliphatic carbocycles. The molecule has 126 valence electrons. The topological polar surface area (TPSA) is 42.0 Å². The third-order valence-corrected chi connectivity index (χ3v) is 5.12. The van der Waals surface area contributed by atoms with Crippen LogP contribution in [0.25, 0.3) is 10.9 Å². The van der Waals surface area contributed by atoms with E-state index in [1.54, 1.807) is 0 Å². The standard InChI is InChI=1S/C22H22N2O/c1-3-15-9-6-8-14(2)21(15)24-22(25)20-16-10-4-5-12-18(16)23-19-13-7-11-17(19)20/h4-6,8-10,12H,3,7,11,13H2,1-2H3,(H,24,25). The first-order chi connectivity index (χ1) is 12.2. The summed E-state index contributed by atoms with van der Waals surface area (Å²) in [7, 11) is 0. The molecule has 3 aromatic rings. The number of benzene rings is 2. The van der Waals surface area contributed by atoms with Crippen molar-refractivity contribution in [3.63, 3.8) is 0 Å². The highest BCUT2D eigenvalue weighted by molar-refractivity contribution is 6.14. The highest BCUT2D eigenvalue weighted by atomic mass is 16.1. The number of rotatable bonds is 3. The molecule has 3 nitrogen and oxygen atoms in total. The highest BCUT2D eigenvalue weighted by Gasteiger charge is 2.24. The molecule has 25 heavy (non-hydrogen) atoms. The first-order valence-corrected chi connectivity index (χ1v) is 8.99. The summed E-state index contributed by atoms with van der Waals surface area (Å²) < 4.78 is 0. The summed E-state index contributed by atoms with van der Waals surface area (Å²) in [5.41, 5.74) is 7.15. The van der Waals surface area contributed by atoms with Crippen LogP contribution >= 0.6 is 0 Å². The van der Waals surface area contributed by atoms with Gasteiger partial charge in [0, 0.05) is 16.8 Å². The molecule has 0 bridgehead atoms. The van der Waals surface area contributed by atoms with Gasteiger partial charge in [0.05, 0.1) is 11.1 Å². The van der Waals surface area contributed by atoms with Gasteiger partial charge < -0.3 is 5.32 Å². The van der Waals surface area contributed by atoms with Gasteiger partial charge in [0.2, 0.25) is 0 Å². The first kappa shape index (κ1) is 15.8. The van der Waals surface area contributed by atoms with Crippen molar-refractivity contribution < 1.29 is 4.79 Å². The zero-order chi connectivity index (χ0) is 17.4. The first-order valence-electron chi connectivity index (χ1n) is 8.99. The molecule has 1 heterocycles. The van der Waals surface area contributed by atoms with Crippen LogP contribution in [0.3, 0.4) is 0 Å². The predicted octanol–water partition coefficient (Wildman–Crippen LogP) is 4.85. The minimum Gasteiger partial charge on any atom is -0.321 e. The molecule has 0 spiro atoms. The lowest BCUT2D eigenvalue weighted by Gasteiger charge is -2.16. The van der Waals surface area contributed by atoms with Crippen molar-refractivity contribution in [2.75, 3.05) is 5.32 Å². The van der Waals surface area contributed by atoms with Gasteiger partial charge in [-0.3, -0.25) is 9.78 Å². The normalized spacial score (nSPS) is 13.0. The van der Waals surface area contributed by atoms with Crippen LogP contribution in [0, 0.1) is 6.92 Å². The van der Waals surface area contributed by atoms with Crippen LogP contribution in [-0.4, -0.2) is 10.9 Å². The van der Waals surface area contributed by atoms with Crippen molar-refractivity contribution in [1.29, 1.82) is 0 Å². The van der Waals surface area contributed by atoms with Gasteiger partial charge in [0.1, 0.15) is 0 Å². The number of para-hydroxylation sites is 2. The molecule has 0 atom stereocenters. The van der Waals surface area contributed by atoms with Crippen molar-refractivity contribution in [1.82, 2.24) is 4.98 Å². The van der Waals surface area contributed by atoms with Gasteiger partial charge in [0.15, 0.2) is 0 Å². The molecule has 0 radical (unpaired) electrons. The second-order valence-electron chi connectivity index (χ2n) is 6.70. The van der Waals surface area contributed by atoms with Crippen molar-refractivity contribution in [2.24, 2.45) is 0 Å². The van der Waals surface area contributed by atoms with E-state index in [2.05, 4.69) is 18.3 Å². The van der Waals surface area contributed by atoms with Gasteiger partial charge in [-0.25, -0.2) is 0 Å². The Morgan fingerprint density at radius 3 is 2.80 bits per heavy atom. The summed E-state index contributed by atoms with van der Waals surface area (Å²) in [6, 6.07) is 14.1. The number of nitrogens with zero attached hydrogens (tertiary/aromatic N) is 1. The van der Waals surface area contributed by atoms with Crippen molar-refractivity contribution >= 4 is 22.5 Å². The number of hydrogen-bond donors (Lipinski definition) is 1. The second kappa shape index (κ2) is 6.32. The predicted molar refractivity (Wildman–Crippen MR) is 102 cm³/mol. The van der Waals surface area contributed by atoms with Gasteiger partial charge in [-0.05, 0) is 55.4 Å². The molecule has 0 fully saturated rings. The average Bonchev–Trinajstić information content (AvgIpc) is 3.09. The number of fused-ring (bicyclic) bond motifs is 2.